The quantitative estimate of drug-likeness (QED) is 0.165. The first-order valence-corrected chi connectivity index (χ1v) is 22.7. The molecular weight excluding hydrogens is 797 g/mol. The lowest BCUT2D eigenvalue weighted by molar-refractivity contribution is 1.40. The van der Waals surface area contributed by atoms with Crippen LogP contribution in [0.2, 0.25) is 0 Å². The molecule has 0 radical (unpaired) electrons. The van der Waals surface area contributed by atoms with E-state index in [4.69, 9.17) is 9.97 Å². The molecule has 66 heavy (non-hydrogen) atoms. The molecule has 304 valence electrons. The van der Waals surface area contributed by atoms with Gasteiger partial charge < -0.3 is 0 Å². The van der Waals surface area contributed by atoms with Crippen molar-refractivity contribution in [3.8, 4) is 44.6 Å². The van der Waals surface area contributed by atoms with E-state index in [-0.39, 0.29) is 0 Å². The van der Waals surface area contributed by atoms with Gasteiger partial charge in [0.05, 0.1) is 16.7 Å². The fraction of sp³-hybridized carbons (Fsp3) is 0. The molecule has 12 aromatic carbocycles. The second-order valence-electron chi connectivity index (χ2n) is 17.6. The first-order chi connectivity index (χ1) is 32.7. The van der Waals surface area contributed by atoms with Gasteiger partial charge in [-0.2, -0.15) is 0 Å². The molecule has 0 saturated carbocycles. The maximum absolute atomic E-state index is 5.60. The molecule has 2 nitrogen and oxygen atoms in total. The molecule has 0 atom stereocenters. The Morgan fingerprint density at radius 3 is 1.20 bits per heavy atom. The molecule has 0 N–H and O–H groups in total. The number of para-hydroxylation sites is 1. The summed E-state index contributed by atoms with van der Waals surface area (Å²) in [6.45, 7) is 0. The molecule has 0 aliphatic rings. The van der Waals surface area contributed by atoms with E-state index >= 15 is 0 Å². The fourth-order valence-electron chi connectivity index (χ4n) is 10.9. The molecule has 0 aliphatic carbocycles. The molecule has 14 rings (SSSR count). The Kier molecular flexibility index (Phi) is 8.02. The van der Waals surface area contributed by atoms with Gasteiger partial charge in [-0.3, -0.25) is 4.98 Å². The van der Waals surface area contributed by atoms with Crippen molar-refractivity contribution in [3.05, 3.63) is 231 Å². The normalized spacial score (nSPS) is 11.9. The van der Waals surface area contributed by atoms with Gasteiger partial charge in [-0.25, -0.2) is 4.98 Å². The zero-order valence-corrected chi connectivity index (χ0v) is 35.8. The van der Waals surface area contributed by atoms with Gasteiger partial charge in [0.15, 0.2) is 0 Å². The fourth-order valence-corrected chi connectivity index (χ4v) is 10.9. The van der Waals surface area contributed by atoms with Crippen molar-refractivity contribution in [1.29, 1.82) is 0 Å². The van der Waals surface area contributed by atoms with Gasteiger partial charge in [-0.15, -0.1) is 0 Å². The van der Waals surface area contributed by atoms with Crippen molar-refractivity contribution in [2.45, 2.75) is 0 Å². The zero-order valence-electron chi connectivity index (χ0n) is 35.8. The Morgan fingerprint density at radius 1 is 0.242 bits per heavy atom. The highest BCUT2D eigenvalue weighted by Crippen LogP contribution is 2.44. The summed E-state index contributed by atoms with van der Waals surface area (Å²) in [5, 5.41) is 19.8. The lowest BCUT2D eigenvalue weighted by atomic mass is 9.88. The van der Waals surface area contributed by atoms with Crippen molar-refractivity contribution in [3.63, 3.8) is 0 Å². The lowest BCUT2D eigenvalue weighted by Crippen LogP contribution is -1.94. The van der Waals surface area contributed by atoms with Gasteiger partial charge in [-0.1, -0.05) is 188 Å². The number of aromatic nitrogens is 2. The predicted molar refractivity (Wildman–Crippen MR) is 281 cm³/mol. The van der Waals surface area contributed by atoms with E-state index in [2.05, 4.69) is 218 Å². The van der Waals surface area contributed by atoms with Crippen LogP contribution in [0.1, 0.15) is 0 Å². The lowest BCUT2D eigenvalue weighted by Gasteiger charge is -2.18. The van der Waals surface area contributed by atoms with Crippen LogP contribution < -0.4 is 0 Å². The Bertz CT molecular complexity index is 4270. The molecule has 14 aromatic rings. The highest BCUT2D eigenvalue weighted by Gasteiger charge is 2.19. The molecule has 0 bridgehead atoms. The second kappa shape index (κ2) is 14.4. The summed E-state index contributed by atoms with van der Waals surface area (Å²) in [5.74, 6) is 0. The summed E-state index contributed by atoms with van der Waals surface area (Å²) in [4.78, 5) is 10.4. The van der Waals surface area contributed by atoms with E-state index in [9.17, 15) is 0 Å². The Labute approximate surface area is 380 Å². The van der Waals surface area contributed by atoms with E-state index in [0.717, 1.165) is 60.7 Å². The molecule has 0 unspecified atom stereocenters. The van der Waals surface area contributed by atoms with Crippen LogP contribution in [0.25, 0.3) is 142 Å². The zero-order chi connectivity index (χ0) is 43.3. The second-order valence-corrected chi connectivity index (χ2v) is 17.6. The van der Waals surface area contributed by atoms with E-state index in [1.165, 1.54) is 81.1 Å². The Morgan fingerprint density at radius 2 is 0.652 bits per heavy atom. The van der Waals surface area contributed by atoms with Crippen molar-refractivity contribution >= 4 is 97.2 Å². The van der Waals surface area contributed by atoms with Gasteiger partial charge >= 0.3 is 0 Å². The van der Waals surface area contributed by atoms with Crippen molar-refractivity contribution < 1.29 is 0 Å². The van der Waals surface area contributed by atoms with Gasteiger partial charge in [0, 0.05) is 33.5 Å². The van der Waals surface area contributed by atoms with Crippen molar-refractivity contribution in [2.24, 2.45) is 0 Å². The summed E-state index contributed by atoms with van der Waals surface area (Å²) >= 11 is 0. The monoisotopic (exact) mass is 834 g/mol. The first-order valence-electron chi connectivity index (χ1n) is 22.7. The first kappa shape index (κ1) is 36.7. The number of fused-ring (bicyclic) bond motifs is 16. The standard InChI is InChI=1S/C64H38N2/c1-12-24-62-43(13-1)33-44(38-65-62)39-25-27-40(28-26-39)63-37-58(42-30-32-55-50-19-5-3-15-46(50)48-17-7-9-21-52(48)60(55)35-42)61-36-57(53-22-10-11-23-56(53)64(61)66-63)41-29-31-54-49-18-4-2-14-45(49)47-16-6-8-20-51(47)59(54)34-41/h1-38H. The minimum absolute atomic E-state index is 0.936. The topological polar surface area (TPSA) is 25.8 Å². The third kappa shape index (κ3) is 5.62. The molecule has 0 spiro atoms. The van der Waals surface area contributed by atoms with Gasteiger partial charge in [0.25, 0.3) is 0 Å². The summed E-state index contributed by atoms with van der Waals surface area (Å²) in [7, 11) is 0. The van der Waals surface area contributed by atoms with Crippen molar-refractivity contribution in [2.75, 3.05) is 0 Å². The van der Waals surface area contributed by atoms with E-state index in [1.807, 2.05) is 12.3 Å². The minimum Gasteiger partial charge on any atom is -0.256 e. The number of benzene rings is 12. The van der Waals surface area contributed by atoms with Crippen LogP contribution in [0.5, 0.6) is 0 Å². The molecular formula is C64H38N2. The van der Waals surface area contributed by atoms with E-state index in [0.29, 0.717) is 0 Å². The Balaban J connectivity index is 1.03. The van der Waals surface area contributed by atoms with Gasteiger partial charge in [-0.05, 0) is 134 Å². The van der Waals surface area contributed by atoms with Crippen LogP contribution in [-0.4, -0.2) is 9.97 Å². The summed E-state index contributed by atoms with van der Waals surface area (Å²) in [5.41, 5.74) is 10.9. The molecule has 0 amide bonds. The molecule has 2 heterocycles. The summed E-state index contributed by atoms with van der Waals surface area (Å²) in [6.07, 6.45) is 1.97. The maximum Gasteiger partial charge on any atom is 0.0794 e. The maximum atomic E-state index is 5.60. The van der Waals surface area contributed by atoms with Crippen LogP contribution in [-0.2, 0) is 0 Å². The number of rotatable bonds is 4. The van der Waals surface area contributed by atoms with Crippen LogP contribution >= 0.6 is 0 Å². The highest BCUT2D eigenvalue weighted by molar-refractivity contribution is 6.28. The van der Waals surface area contributed by atoms with E-state index < -0.39 is 0 Å². The third-order valence-corrected chi connectivity index (χ3v) is 14.0. The van der Waals surface area contributed by atoms with E-state index in [1.54, 1.807) is 0 Å². The van der Waals surface area contributed by atoms with Crippen LogP contribution in [0.3, 0.4) is 0 Å². The number of pyridine rings is 2. The molecule has 2 heteroatoms. The average molecular weight is 835 g/mol. The van der Waals surface area contributed by atoms with Gasteiger partial charge in [0.1, 0.15) is 0 Å². The molecule has 0 fully saturated rings. The number of hydrogen-bond donors (Lipinski definition) is 0. The summed E-state index contributed by atoms with van der Waals surface area (Å²) in [6, 6.07) is 82.3. The molecule has 0 aliphatic heterocycles. The smallest absolute Gasteiger partial charge is 0.0794 e. The molecule has 2 aromatic heterocycles. The van der Waals surface area contributed by atoms with Crippen LogP contribution in [0.4, 0.5) is 0 Å². The third-order valence-electron chi connectivity index (χ3n) is 14.0. The highest BCUT2D eigenvalue weighted by atomic mass is 14.7. The molecule has 0 saturated heterocycles. The van der Waals surface area contributed by atoms with Crippen LogP contribution in [0, 0.1) is 0 Å². The number of hydrogen-bond acceptors (Lipinski definition) is 2. The minimum atomic E-state index is 0.936. The average Bonchev–Trinajstić information content (AvgIpc) is 3.40. The van der Waals surface area contributed by atoms with Crippen molar-refractivity contribution in [1.82, 2.24) is 9.97 Å². The summed E-state index contributed by atoms with van der Waals surface area (Å²) < 4.78 is 0. The Hall–Kier alpha value is -8.72. The predicted octanol–water partition coefficient (Wildman–Crippen LogP) is 17.5. The largest absolute Gasteiger partial charge is 0.256 e. The van der Waals surface area contributed by atoms with Gasteiger partial charge in [0.2, 0.25) is 0 Å². The van der Waals surface area contributed by atoms with Crippen LogP contribution in [0.15, 0.2) is 231 Å². The SMILES string of the molecule is c1ccc2ncc(-c3ccc(-c4cc(-c5ccc6c7ccccc7c7ccccc7c6c5)c5cc(-c6ccc7c8ccccc8c8ccccc8c7c6)c6ccccc6c5n4)cc3)cc2c1. The number of nitrogens with zero attached hydrogens (tertiary/aromatic N) is 2.